The Morgan fingerprint density at radius 1 is 0.636 bits per heavy atom. The Hall–Kier alpha value is 0.970. The molecule has 1 rings (SSSR count). The van der Waals surface area contributed by atoms with E-state index in [1.165, 1.54) is 0 Å². The monoisotopic (exact) mass is 237 g/mol. The zero-order valence-electron chi connectivity index (χ0n) is 5.24. The third-order valence-electron chi connectivity index (χ3n) is 1.13. The molecule has 11 heavy (non-hydrogen) atoms. The molecule has 0 aliphatic rings. The van der Waals surface area contributed by atoms with E-state index in [1.54, 1.807) is 0 Å². The van der Waals surface area contributed by atoms with Crippen molar-refractivity contribution in [3.63, 3.8) is 0 Å². The molecule has 0 heterocycles. The highest BCUT2D eigenvalue weighted by Crippen LogP contribution is 2.34. The van der Waals surface area contributed by atoms with Crippen molar-refractivity contribution in [1.29, 1.82) is 0 Å². The van der Waals surface area contributed by atoms with Gasteiger partial charge in [-0.05, 0) is 0 Å². The van der Waals surface area contributed by atoms with E-state index >= 15 is 0 Å². The van der Waals surface area contributed by atoms with Crippen molar-refractivity contribution in [2.24, 2.45) is 0 Å². The summed E-state index contributed by atoms with van der Waals surface area (Å²) in [5.74, 6) is 0. The van der Waals surface area contributed by atoms with Crippen LogP contribution < -0.4 is 0 Å². The van der Waals surface area contributed by atoms with Crippen LogP contribution >= 0.6 is 63.1 Å². The van der Waals surface area contributed by atoms with Crippen molar-refractivity contribution in [3.05, 3.63) is 6.07 Å². The van der Waals surface area contributed by atoms with Gasteiger partial charge in [-0.1, -0.05) is 0 Å². The van der Waals surface area contributed by atoms with E-state index in [4.69, 9.17) is 0 Å². The third-order valence-corrected chi connectivity index (χ3v) is 3.85. The number of benzene rings is 1. The Morgan fingerprint density at radius 2 is 1.00 bits per heavy atom. The van der Waals surface area contributed by atoms with E-state index in [2.05, 4.69) is 69.2 Å². The Kier molecular flexibility index (Phi) is 3.46. The van der Waals surface area contributed by atoms with Crippen molar-refractivity contribution in [2.75, 3.05) is 0 Å². The summed E-state index contributed by atoms with van der Waals surface area (Å²) in [5, 5.41) is 0. The lowest BCUT2D eigenvalue weighted by atomic mass is 10.3. The minimum atomic E-state index is 0.640. The molecule has 0 fully saturated rings. The number of thiol groups is 5. The number of hydrogen-bond acceptors (Lipinski definition) is 5. The van der Waals surface area contributed by atoms with Gasteiger partial charge in [-0.3, -0.25) is 0 Å². The van der Waals surface area contributed by atoms with Crippen molar-refractivity contribution >= 4 is 63.1 Å². The molecule has 59 valence electrons. The summed E-state index contributed by atoms with van der Waals surface area (Å²) < 4.78 is 0. The van der Waals surface area contributed by atoms with Crippen LogP contribution in [0.4, 0.5) is 0 Å². The topological polar surface area (TPSA) is 0 Å². The van der Waals surface area contributed by atoms with Gasteiger partial charge in [0.05, 0.1) is 0 Å². The van der Waals surface area contributed by atoms with E-state index in [9.17, 15) is 0 Å². The van der Waals surface area contributed by atoms with Crippen LogP contribution in [0.25, 0.3) is 0 Å². The fourth-order valence-electron chi connectivity index (χ4n) is 0.567. The van der Waals surface area contributed by atoms with Crippen LogP contribution in [0.3, 0.4) is 0 Å². The van der Waals surface area contributed by atoms with Crippen LogP contribution in [0, 0.1) is 6.07 Å². The summed E-state index contributed by atoms with van der Waals surface area (Å²) >= 11 is 20.7. The fourth-order valence-corrected chi connectivity index (χ4v) is 1.93. The minimum Gasteiger partial charge on any atom is -0.142 e. The highest BCUT2D eigenvalue weighted by molar-refractivity contribution is 7.87. The van der Waals surface area contributed by atoms with Crippen LogP contribution in [-0.4, -0.2) is 0 Å². The molecule has 0 saturated carbocycles. The Labute approximate surface area is 93.2 Å². The molecule has 0 aliphatic heterocycles. The first-order valence-electron chi connectivity index (χ1n) is 2.62. The van der Waals surface area contributed by atoms with Gasteiger partial charge in [0.1, 0.15) is 0 Å². The third kappa shape index (κ3) is 2.01. The van der Waals surface area contributed by atoms with Gasteiger partial charge in [-0.25, -0.2) is 0 Å². The second-order valence-electron chi connectivity index (χ2n) is 1.87. The van der Waals surface area contributed by atoms with Crippen molar-refractivity contribution in [2.45, 2.75) is 24.5 Å². The van der Waals surface area contributed by atoms with E-state index in [-0.39, 0.29) is 0 Å². The zero-order chi connectivity index (χ0) is 8.59. The van der Waals surface area contributed by atoms with Crippen molar-refractivity contribution < 1.29 is 0 Å². The second-order valence-corrected chi connectivity index (χ2v) is 4.10. The predicted molar refractivity (Wildman–Crippen MR) is 61.5 cm³/mol. The SMILES string of the molecule is Sc1[c]c(S)c(S)c(S)c1S. The van der Waals surface area contributed by atoms with Gasteiger partial charge in [-0.2, -0.15) is 0 Å². The molecule has 0 amide bonds. The molecule has 0 nitrogen and oxygen atoms in total. The largest absolute Gasteiger partial charge is 0.142 e. The van der Waals surface area contributed by atoms with E-state index in [0.717, 1.165) is 0 Å². The molecule has 0 aliphatic carbocycles. The van der Waals surface area contributed by atoms with E-state index < -0.39 is 0 Å². The lowest BCUT2D eigenvalue weighted by molar-refractivity contribution is 0.972. The maximum Gasteiger partial charge on any atom is 0.0331 e. The van der Waals surface area contributed by atoms with Gasteiger partial charge >= 0.3 is 0 Å². The lowest BCUT2D eigenvalue weighted by Gasteiger charge is -2.06. The summed E-state index contributed by atoms with van der Waals surface area (Å²) in [6, 6.07) is 2.87. The van der Waals surface area contributed by atoms with E-state index in [0.29, 0.717) is 24.5 Å². The molecular weight excluding hydrogens is 232 g/mol. The van der Waals surface area contributed by atoms with Crippen molar-refractivity contribution in [1.82, 2.24) is 0 Å². The first kappa shape index (κ1) is 10.1. The van der Waals surface area contributed by atoms with Gasteiger partial charge < -0.3 is 0 Å². The molecule has 0 spiro atoms. The fraction of sp³-hybridized carbons (Fsp3) is 0. The first-order chi connectivity index (χ1) is 5.04. The quantitative estimate of drug-likeness (QED) is 0.421. The maximum absolute atomic E-state index is 4.18. The van der Waals surface area contributed by atoms with Gasteiger partial charge in [-0.15, -0.1) is 63.1 Å². The van der Waals surface area contributed by atoms with Crippen LogP contribution in [-0.2, 0) is 0 Å². The first-order valence-corrected chi connectivity index (χ1v) is 4.85. The Bertz CT molecular complexity index is 267. The smallest absolute Gasteiger partial charge is 0.0331 e. The standard InChI is InChI=1S/C6H5S5/c7-2-1-3(8)5(10)6(11)4(2)9/h7-11H. The summed E-state index contributed by atoms with van der Waals surface area (Å²) in [6.45, 7) is 0. The zero-order valence-corrected chi connectivity index (χ0v) is 9.71. The minimum absolute atomic E-state index is 0.640. The van der Waals surface area contributed by atoms with E-state index in [1.807, 2.05) is 0 Å². The molecular formula is C6H5S5. The average Bonchev–Trinajstić information content (AvgIpc) is 1.97. The number of rotatable bonds is 0. The summed E-state index contributed by atoms with van der Waals surface area (Å²) in [4.78, 5) is 3.33. The van der Waals surface area contributed by atoms with Gasteiger partial charge in [0.15, 0.2) is 0 Å². The van der Waals surface area contributed by atoms with Gasteiger partial charge in [0.2, 0.25) is 0 Å². The highest BCUT2D eigenvalue weighted by atomic mass is 32.1. The highest BCUT2D eigenvalue weighted by Gasteiger charge is 2.06. The predicted octanol–water partition coefficient (Wildman–Crippen LogP) is 2.93. The summed E-state index contributed by atoms with van der Waals surface area (Å²) in [5.41, 5.74) is 0. The molecule has 0 unspecified atom stereocenters. The molecule has 1 aromatic carbocycles. The molecule has 0 atom stereocenters. The van der Waals surface area contributed by atoms with Crippen LogP contribution in [0.1, 0.15) is 0 Å². The molecule has 1 aromatic rings. The normalized spacial score (nSPS) is 10.3. The van der Waals surface area contributed by atoms with Crippen LogP contribution in [0.2, 0.25) is 0 Å². The average molecular weight is 237 g/mol. The Morgan fingerprint density at radius 3 is 1.36 bits per heavy atom. The van der Waals surface area contributed by atoms with Crippen molar-refractivity contribution in [3.8, 4) is 0 Å². The van der Waals surface area contributed by atoms with Crippen LogP contribution in [0.5, 0.6) is 0 Å². The molecule has 0 N–H and O–H groups in total. The summed E-state index contributed by atoms with van der Waals surface area (Å²) in [6.07, 6.45) is 0. The lowest BCUT2D eigenvalue weighted by Crippen LogP contribution is -1.81. The second kappa shape index (κ2) is 3.79. The van der Waals surface area contributed by atoms with Gasteiger partial charge in [0.25, 0.3) is 0 Å². The molecule has 0 bridgehead atoms. The Balaban J connectivity index is 3.46. The van der Waals surface area contributed by atoms with Crippen LogP contribution in [0.15, 0.2) is 24.5 Å². The molecule has 5 heteroatoms. The number of hydrogen-bond donors (Lipinski definition) is 5. The van der Waals surface area contributed by atoms with Gasteiger partial charge in [0, 0.05) is 30.5 Å². The summed E-state index contributed by atoms with van der Waals surface area (Å²) in [7, 11) is 0. The molecule has 1 radical (unpaired) electrons. The molecule has 0 aromatic heterocycles. The molecule has 0 saturated heterocycles. The maximum atomic E-state index is 4.18.